The summed E-state index contributed by atoms with van der Waals surface area (Å²) in [4.78, 5) is 36.0. The highest BCUT2D eigenvalue weighted by Crippen LogP contribution is 2.34. The molecule has 1 aliphatic rings. The number of carbonyl (C=O) groups is 1. The number of para-hydroxylation sites is 1. The molecule has 4 N–H and O–H groups in total. The zero-order chi connectivity index (χ0) is 31.3. The van der Waals surface area contributed by atoms with Crippen molar-refractivity contribution in [3.63, 3.8) is 0 Å². The van der Waals surface area contributed by atoms with Crippen LogP contribution in [0.3, 0.4) is 0 Å². The number of aliphatic hydroxyl groups excluding tert-OH is 1. The lowest BCUT2D eigenvalue weighted by Crippen LogP contribution is -2.60. The molecule has 0 radical (unpaired) electrons. The van der Waals surface area contributed by atoms with Crippen molar-refractivity contribution in [2.24, 2.45) is 0 Å². The summed E-state index contributed by atoms with van der Waals surface area (Å²) in [6, 6.07) is 12.8. The number of aromatic nitrogens is 3. The second kappa shape index (κ2) is 11.4. The fourth-order valence-electron chi connectivity index (χ4n) is 6.27. The molecule has 1 fully saturated rings. The summed E-state index contributed by atoms with van der Waals surface area (Å²) in [6.45, 7) is 12.0. The van der Waals surface area contributed by atoms with Crippen LogP contribution < -0.4 is 26.8 Å². The topological polar surface area (TPSA) is 121 Å². The molecule has 43 heavy (non-hydrogen) atoms. The van der Waals surface area contributed by atoms with Gasteiger partial charge < -0.3 is 21.1 Å². The van der Waals surface area contributed by atoms with Gasteiger partial charge in [0.2, 0.25) is 5.95 Å². The highest BCUT2D eigenvalue weighted by molar-refractivity contribution is 7.27. The van der Waals surface area contributed by atoms with E-state index in [1.807, 2.05) is 6.92 Å². The van der Waals surface area contributed by atoms with E-state index in [9.17, 15) is 14.7 Å². The van der Waals surface area contributed by atoms with Gasteiger partial charge in [-0.15, -0.1) is 9.24 Å². The minimum Gasteiger partial charge on any atom is -0.374 e. The minimum absolute atomic E-state index is 0.00966. The predicted molar refractivity (Wildman–Crippen MR) is 172 cm³/mol. The van der Waals surface area contributed by atoms with E-state index in [1.54, 1.807) is 36.4 Å². The van der Waals surface area contributed by atoms with Crippen molar-refractivity contribution in [1.29, 1.82) is 0 Å². The fraction of sp³-hybridized carbons (Fsp3) is 0.375. The number of carbonyl (C=O) groups excluding carboxylic acids is 1. The molecule has 1 aliphatic heterocycles. The number of piperidine rings is 1. The van der Waals surface area contributed by atoms with Crippen LogP contribution in [0.2, 0.25) is 0 Å². The Kier molecular flexibility index (Phi) is 8.15. The molecule has 226 valence electrons. The van der Waals surface area contributed by atoms with Crippen LogP contribution >= 0.6 is 9.24 Å². The Bertz CT molecular complexity index is 1750. The van der Waals surface area contributed by atoms with Gasteiger partial charge in [0.1, 0.15) is 12.0 Å². The summed E-state index contributed by atoms with van der Waals surface area (Å²) in [6.07, 6.45) is 0.570. The number of halogens is 1. The molecule has 5 rings (SSSR count). The number of anilines is 1. The van der Waals surface area contributed by atoms with Gasteiger partial charge in [-0.25, -0.2) is 9.37 Å². The Morgan fingerprint density at radius 2 is 1.81 bits per heavy atom. The van der Waals surface area contributed by atoms with Gasteiger partial charge in [0.25, 0.3) is 11.5 Å². The molecule has 2 aromatic heterocycles. The highest BCUT2D eigenvalue weighted by atomic mass is 31.0. The van der Waals surface area contributed by atoms with Gasteiger partial charge in [-0.2, -0.15) is 4.98 Å². The smallest absolute Gasteiger partial charge is 0.256 e. The van der Waals surface area contributed by atoms with Crippen molar-refractivity contribution in [3.8, 4) is 16.9 Å². The number of fused-ring (bicyclic) bond motifs is 1. The molecule has 1 saturated heterocycles. The quantitative estimate of drug-likeness (QED) is 0.193. The first-order chi connectivity index (χ1) is 20.1. The van der Waals surface area contributed by atoms with Crippen LogP contribution in [0.15, 0.2) is 53.3 Å². The van der Waals surface area contributed by atoms with E-state index in [0.717, 1.165) is 18.4 Å². The van der Waals surface area contributed by atoms with E-state index in [0.29, 0.717) is 33.5 Å². The van der Waals surface area contributed by atoms with Crippen LogP contribution in [0.25, 0.3) is 28.0 Å². The summed E-state index contributed by atoms with van der Waals surface area (Å²) in [5, 5.41) is 20.4. The molecule has 2 aromatic carbocycles. The van der Waals surface area contributed by atoms with Gasteiger partial charge in [-0.05, 0) is 89.5 Å². The van der Waals surface area contributed by atoms with E-state index in [2.05, 4.69) is 52.9 Å². The summed E-state index contributed by atoms with van der Waals surface area (Å²) in [5.74, 6) is -0.713. The number of nitrogens with zero attached hydrogens (tertiary/aromatic N) is 3. The van der Waals surface area contributed by atoms with Crippen LogP contribution in [-0.4, -0.2) is 48.9 Å². The number of aliphatic hydroxyl groups is 1. The second-order valence-corrected chi connectivity index (χ2v) is 13.3. The summed E-state index contributed by atoms with van der Waals surface area (Å²) < 4.78 is 16.6. The largest absolute Gasteiger partial charge is 0.374 e. The van der Waals surface area contributed by atoms with E-state index in [1.165, 1.54) is 23.6 Å². The molecular formula is C32H38FN6O3P. The number of hydrogen-bond donors (Lipinski definition) is 4. The lowest BCUT2D eigenvalue weighted by molar-refractivity contribution is 0.0818. The Morgan fingerprint density at radius 3 is 2.47 bits per heavy atom. The normalized spacial score (nSPS) is 17.0. The Labute approximate surface area is 252 Å². The third kappa shape index (κ3) is 6.47. The SMILES string of the molecule is Cc1ccc(C(=O)NC(C)O)cc1-c1nc(NC2CC(C)(C)NC(C)(C)C2)nc2c1ccc(=O)n2-c1c(F)cccc1P. The number of benzene rings is 2. The van der Waals surface area contributed by atoms with Crippen molar-refractivity contribution in [1.82, 2.24) is 25.2 Å². The molecule has 3 heterocycles. The molecule has 2 unspecified atom stereocenters. The molecule has 1 amide bonds. The number of hydrogen-bond acceptors (Lipinski definition) is 7. The molecule has 11 heteroatoms. The molecule has 2 atom stereocenters. The van der Waals surface area contributed by atoms with E-state index < -0.39 is 23.5 Å². The average molecular weight is 605 g/mol. The lowest BCUT2D eigenvalue weighted by atomic mass is 9.80. The van der Waals surface area contributed by atoms with Gasteiger partial charge >= 0.3 is 0 Å². The first-order valence-corrected chi connectivity index (χ1v) is 14.9. The van der Waals surface area contributed by atoms with Crippen LogP contribution in [0.5, 0.6) is 0 Å². The fourth-order valence-corrected chi connectivity index (χ4v) is 6.65. The lowest BCUT2D eigenvalue weighted by Gasteiger charge is -2.46. The van der Waals surface area contributed by atoms with Crippen LogP contribution in [0, 0.1) is 12.7 Å². The molecular weight excluding hydrogens is 566 g/mol. The van der Waals surface area contributed by atoms with Gasteiger partial charge in [-0.3, -0.25) is 14.2 Å². The maximum atomic E-state index is 15.3. The standard InChI is InChI=1S/C32H38FN6O3P/c1-17-10-11-19(29(42)34-18(2)40)14-22(17)26-21-12-13-25(41)39(27-23(33)8-7-9-24(27)43)28(21)37-30(36-26)35-20-15-31(3,4)38-32(5,6)16-20/h7-14,18,20,38,40H,15-16,43H2,1-6H3,(H,34,42)(H,35,36,37). The summed E-state index contributed by atoms with van der Waals surface area (Å²) >= 11 is 0. The van der Waals surface area contributed by atoms with Gasteiger partial charge in [0.15, 0.2) is 5.65 Å². The number of amides is 1. The maximum Gasteiger partial charge on any atom is 0.256 e. The summed E-state index contributed by atoms with van der Waals surface area (Å²) in [5.41, 5.74) is 1.88. The first kappa shape index (κ1) is 30.7. The van der Waals surface area contributed by atoms with Crippen LogP contribution in [-0.2, 0) is 0 Å². The Balaban J connectivity index is 1.77. The molecule has 0 bridgehead atoms. The van der Waals surface area contributed by atoms with E-state index in [-0.39, 0.29) is 28.5 Å². The third-order valence-electron chi connectivity index (χ3n) is 7.61. The van der Waals surface area contributed by atoms with Crippen molar-refractivity contribution in [3.05, 3.63) is 75.8 Å². The maximum absolute atomic E-state index is 15.3. The van der Waals surface area contributed by atoms with E-state index in [4.69, 9.17) is 9.97 Å². The predicted octanol–water partition coefficient (Wildman–Crippen LogP) is 4.18. The zero-order valence-electron chi connectivity index (χ0n) is 25.2. The molecule has 9 nitrogen and oxygen atoms in total. The van der Waals surface area contributed by atoms with Gasteiger partial charge in [0.05, 0.1) is 11.4 Å². The van der Waals surface area contributed by atoms with Crippen molar-refractivity contribution in [2.75, 3.05) is 5.32 Å². The van der Waals surface area contributed by atoms with Crippen LogP contribution in [0.4, 0.5) is 10.3 Å². The van der Waals surface area contributed by atoms with Gasteiger partial charge in [-0.1, -0.05) is 18.2 Å². The molecule has 4 aromatic rings. The van der Waals surface area contributed by atoms with Crippen molar-refractivity contribution < 1.29 is 14.3 Å². The minimum atomic E-state index is -1.03. The van der Waals surface area contributed by atoms with Crippen molar-refractivity contribution >= 4 is 37.4 Å². The second-order valence-electron chi connectivity index (χ2n) is 12.6. The zero-order valence-corrected chi connectivity index (χ0v) is 26.4. The monoisotopic (exact) mass is 604 g/mol. The third-order valence-corrected chi connectivity index (χ3v) is 8.08. The summed E-state index contributed by atoms with van der Waals surface area (Å²) in [7, 11) is 2.49. The number of nitrogens with one attached hydrogen (secondary N) is 3. The number of rotatable bonds is 6. The van der Waals surface area contributed by atoms with Crippen LogP contribution in [0.1, 0.15) is 63.4 Å². The number of pyridine rings is 1. The Hall–Kier alpha value is -3.72. The average Bonchev–Trinajstić information content (AvgIpc) is 2.87. The number of aryl methyl sites for hydroxylation is 1. The Morgan fingerprint density at radius 1 is 1.12 bits per heavy atom. The first-order valence-electron chi connectivity index (χ1n) is 14.3. The van der Waals surface area contributed by atoms with Gasteiger partial charge in [0, 0.05) is 39.7 Å². The molecule has 0 aliphatic carbocycles. The highest BCUT2D eigenvalue weighted by Gasteiger charge is 2.38. The molecule has 0 saturated carbocycles. The molecule has 0 spiro atoms. The van der Waals surface area contributed by atoms with E-state index >= 15 is 4.39 Å². The van der Waals surface area contributed by atoms with Crippen molar-refractivity contribution in [2.45, 2.75) is 77.7 Å².